The van der Waals surface area contributed by atoms with Crippen molar-refractivity contribution in [1.82, 2.24) is 0 Å². The number of rotatable bonds is 4. The van der Waals surface area contributed by atoms with Gasteiger partial charge in [0.2, 0.25) is 0 Å². The molecule has 1 nitrogen and oxygen atoms in total. The molecule has 0 radical (unpaired) electrons. The van der Waals surface area contributed by atoms with Crippen LogP contribution in [0.25, 0.3) is 0 Å². The summed E-state index contributed by atoms with van der Waals surface area (Å²) in [6, 6.07) is 8.02. The molecule has 16 heavy (non-hydrogen) atoms. The molecule has 1 heteroatoms. The maximum Gasteiger partial charge on any atom is 0.105 e. The minimum absolute atomic E-state index is 0.630. The van der Waals surface area contributed by atoms with Crippen molar-refractivity contribution in [3.8, 4) is 0 Å². The van der Waals surface area contributed by atoms with Crippen molar-refractivity contribution in [1.29, 1.82) is 0 Å². The molecule has 0 unspecified atom stereocenters. The number of allylic oxidation sites excluding steroid dienone is 1. The Labute approximate surface area is 98.8 Å². The Morgan fingerprint density at radius 2 is 1.81 bits per heavy atom. The van der Waals surface area contributed by atoms with Crippen molar-refractivity contribution < 1.29 is 5.11 Å². The van der Waals surface area contributed by atoms with Crippen LogP contribution in [-0.4, -0.2) is 5.11 Å². The summed E-state index contributed by atoms with van der Waals surface area (Å²) in [5, 5.41) is 10.3. The molecule has 1 rings (SSSR count). The fourth-order valence-corrected chi connectivity index (χ4v) is 1.56. The zero-order valence-electron chi connectivity index (χ0n) is 10.7. The molecule has 0 aliphatic rings. The molecule has 88 valence electrons. The van der Waals surface area contributed by atoms with E-state index in [1.807, 2.05) is 44.2 Å². The molecule has 1 aromatic carbocycles. The highest BCUT2D eigenvalue weighted by molar-refractivity contribution is 5.29. The molecule has 0 aromatic heterocycles. The highest BCUT2D eigenvalue weighted by Gasteiger charge is 2.18. The number of hydrogen-bond acceptors (Lipinski definition) is 1. The van der Waals surface area contributed by atoms with Crippen molar-refractivity contribution in [2.45, 2.75) is 39.7 Å². The first kappa shape index (κ1) is 13.0. The van der Waals surface area contributed by atoms with Gasteiger partial charge in [-0.05, 0) is 31.7 Å². The topological polar surface area (TPSA) is 20.2 Å². The summed E-state index contributed by atoms with van der Waals surface area (Å²) in [6.07, 6.45) is 4.95. The van der Waals surface area contributed by atoms with Gasteiger partial charge in [0.25, 0.3) is 0 Å². The average Bonchev–Trinajstić information content (AvgIpc) is 2.17. The zero-order chi connectivity index (χ0) is 12.2. The van der Waals surface area contributed by atoms with Crippen LogP contribution in [0.5, 0.6) is 0 Å². The van der Waals surface area contributed by atoms with E-state index in [-0.39, 0.29) is 0 Å². The van der Waals surface area contributed by atoms with E-state index in [2.05, 4.69) is 19.9 Å². The molecule has 0 heterocycles. The van der Waals surface area contributed by atoms with Crippen molar-refractivity contribution in [3.63, 3.8) is 0 Å². The summed E-state index contributed by atoms with van der Waals surface area (Å²) in [6.45, 7) is 8.22. The van der Waals surface area contributed by atoms with E-state index in [1.165, 1.54) is 5.56 Å². The van der Waals surface area contributed by atoms with Gasteiger partial charge in [0, 0.05) is 0 Å². The van der Waals surface area contributed by atoms with Gasteiger partial charge in [0.1, 0.15) is 5.60 Å². The molecule has 0 fully saturated rings. The van der Waals surface area contributed by atoms with E-state index in [1.54, 1.807) is 0 Å². The van der Waals surface area contributed by atoms with Crippen LogP contribution in [0.15, 0.2) is 36.4 Å². The molecule has 0 amide bonds. The van der Waals surface area contributed by atoms with Gasteiger partial charge in [0.05, 0.1) is 0 Å². The van der Waals surface area contributed by atoms with E-state index in [9.17, 15) is 5.11 Å². The SMILES string of the molecule is Cc1ccc([C@@](C)(O)/C=C/CC(C)C)cc1. The molecular formula is C15H22O. The van der Waals surface area contributed by atoms with Gasteiger partial charge in [-0.3, -0.25) is 0 Å². The van der Waals surface area contributed by atoms with Crippen LogP contribution in [0.2, 0.25) is 0 Å². The first-order valence-corrected chi connectivity index (χ1v) is 5.89. The number of aryl methyl sites for hydroxylation is 1. The fourth-order valence-electron chi connectivity index (χ4n) is 1.56. The summed E-state index contributed by atoms with van der Waals surface area (Å²) < 4.78 is 0. The van der Waals surface area contributed by atoms with Crippen molar-refractivity contribution in [3.05, 3.63) is 47.5 Å². The second kappa shape index (κ2) is 5.31. The quantitative estimate of drug-likeness (QED) is 0.762. The summed E-state index contributed by atoms with van der Waals surface area (Å²) >= 11 is 0. The molecule has 1 aromatic rings. The summed E-state index contributed by atoms with van der Waals surface area (Å²) in [7, 11) is 0. The zero-order valence-corrected chi connectivity index (χ0v) is 10.7. The normalized spacial score (nSPS) is 15.6. The third-order valence-electron chi connectivity index (χ3n) is 2.69. The Kier molecular flexibility index (Phi) is 4.31. The Morgan fingerprint density at radius 3 is 2.31 bits per heavy atom. The molecular weight excluding hydrogens is 196 g/mol. The Bertz CT molecular complexity index is 344. The largest absolute Gasteiger partial charge is 0.381 e. The lowest BCUT2D eigenvalue weighted by molar-refractivity contribution is 0.111. The monoisotopic (exact) mass is 218 g/mol. The minimum Gasteiger partial charge on any atom is -0.381 e. The average molecular weight is 218 g/mol. The van der Waals surface area contributed by atoms with E-state index >= 15 is 0 Å². The third kappa shape index (κ3) is 3.82. The van der Waals surface area contributed by atoms with Gasteiger partial charge in [-0.1, -0.05) is 55.8 Å². The second-order valence-electron chi connectivity index (χ2n) is 5.05. The van der Waals surface area contributed by atoms with Crippen LogP contribution in [-0.2, 0) is 5.60 Å². The molecule has 0 spiro atoms. The van der Waals surface area contributed by atoms with Crippen LogP contribution in [0.3, 0.4) is 0 Å². The van der Waals surface area contributed by atoms with Crippen molar-refractivity contribution in [2.24, 2.45) is 5.92 Å². The molecule has 0 aliphatic heterocycles. The van der Waals surface area contributed by atoms with Gasteiger partial charge in [-0.15, -0.1) is 0 Å². The Balaban J connectivity index is 2.77. The van der Waals surface area contributed by atoms with Gasteiger partial charge in [-0.25, -0.2) is 0 Å². The maximum absolute atomic E-state index is 10.3. The lowest BCUT2D eigenvalue weighted by atomic mass is 9.94. The maximum atomic E-state index is 10.3. The molecule has 0 saturated heterocycles. The fraction of sp³-hybridized carbons (Fsp3) is 0.467. The standard InChI is InChI=1S/C15H22O/c1-12(2)6-5-11-15(4,16)14-9-7-13(3)8-10-14/h5,7-12,16H,6H2,1-4H3/b11-5+/t15-/m0/s1. The molecule has 0 aliphatic carbocycles. The lowest BCUT2D eigenvalue weighted by Crippen LogP contribution is -2.17. The first-order valence-electron chi connectivity index (χ1n) is 5.89. The minimum atomic E-state index is -0.859. The van der Waals surface area contributed by atoms with Crippen molar-refractivity contribution in [2.75, 3.05) is 0 Å². The summed E-state index contributed by atoms with van der Waals surface area (Å²) in [4.78, 5) is 0. The highest BCUT2D eigenvalue weighted by Crippen LogP contribution is 2.22. The molecule has 0 bridgehead atoms. The van der Waals surface area contributed by atoms with Gasteiger partial charge in [-0.2, -0.15) is 0 Å². The summed E-state index contributed by atoms with van der Waals surface area (Å²) in [5.74, 6) is 0.630. The van der Waals surface area contributed by atoms with Gasteiger partial charge in [0.15, 0.2) is 0 Å². The van der Waals surface area contributed by atoms with Crippen LogP contribution < -0.4 is 0 Å². The van der Waals surface area contributed by atoms with E-state index in [4.69, 9.17) is 0 Å². The number of hydrogen-bond donors (Lipinski definition) is 1. The van der Waals surface area contributed by atoms with Crippen LogP contribution in [0.4, 0.5) is 0 Å². The first-order chi connectivity index (χ1) is 7.42. The van der Waals surface area contributed by atoms with Gasteiger partial charge < -0.3 is 5.11 Å². The number of aliphatic hydroxyl groups is 1. The Hall–Kier alpha value is -1.08. The third-order valence-corrected chi connectivity index (χ3v) is 2.69. The molecule has 1 atom stereocenters. The van der Waals surface area contributed by atoms with Gasteiger partial charge >= 0.3 is 0 Å². The number of benzene rings is 1. The second-order valence-corrected chi connectivity index (χ2v) is 5.05. The lowest BCUT2D eigenvalue weighted by Gasteiger charge is -2.20. The van der Waals surface area contributed by atoms with E-state index < -0.39 is 5.60 Å². The molecule has 0 saturated carbocycles. The van der Waals surface area contributed by atoms with Crippen LogP contribution in [0.1, 0.15) is 38.3 Å². The predicted octanol–water partition coefficient (Wildman–Crippen LogP) is 3.80. The van der Waals surface area contributed by atoms with E-state index in [0.717, 1.165) is 12.0 Å². The highest BCUT2D eigenvalue weighted by atomic mass is 16.3. The van der Waals surface area contributed by atoms with Crippen molar-refractivity contribution >= 4 is 0 Å². The Morgan fingerprint density at radius 1 is 1.25 bits per heavy atom. The predicted molar refractivity (Wildman–Crippen MR) is 69.3 cm³/mol. The smallest absolute Gasteiger partial charge is 0.105 e. The van der Waals surface area contributed by atoms with E-state index in [0.29, 0.717) is 5.92 Å². The van der Waals surface area contributed by atoms with Crippen LogP contribution in [0, 0.1) is 12.8 Å². The van der Waals surface area contributed by atoms with Crippen LogP contribution >= 0.6 is 0 Å². The summed E-state index contributed by atoms with van der Waals surface area (Å²) in [5.41, 5.74) is 1.30. The molecule has 1 N–H and O–H groups in total.